The largest absolute Gasteiger partial charge is 0.481 e. The molecule has 1 heterocycles. The van der Waals surface area contributed by atoms with Gasteiger partial charge in [0.05, 0.1) is 30.5 Å². The maximum Gasteiger partial charge on any atom is 0.328 e. The van der Waals surface area contributed by atoms with Crippen LogP contribution in [0.5, 0.6) is 5.75 Å². The summed E-state index contributed by atoms with van der Waals surface area (Å²) in [5.74, 6) is -2.73. The minimum atomic E-state index is -1.14. The number of carbonyl (C=O) groups is 4. The van der Waals surface area contributed by atoms with Crippen LogP contribution >= 0.6 is 0 Å². The number of hydrogen-bond donors (Lipinski definition) is 2. The first-order chi connectivity index (χ1) is 19.8. The van der Waals surface area contributed by atoms with Crippen LogP contribution in [0.2, 0.25) is 0 Å². The van der Waals surface area contributed by atoms with Crippen molar-refractivity contribution in [2.75, 3.05) is 23.4 Å². The highest BCUT2D eigenvalue weighted by Gasteiger charge is 2.31. The van der Waals surface area contributed by atoms with Crippen LogP contribution in [-0.4, -0.2) is 42.9 Å². The number of nitrogens with one attached hydrogen (secondary N) is 2. The summed E-state index contributed by atoms with van der Waals surface area (Å²) in [5.41, 5.74) is 3.06. The highest BCUT2D eigenvalue weighted by molar-refractivity contribution is 6.07. The van der Waals surface area contributed by atoms with Crippen LogP contribution in [0.3, 0.4) is 0 Å². The normalized spacial score (nSPS) is 13.6. The second-order valence-corrected chi connectivity index (χ2v) is 9.47. The lowest BCUT2D eigenvalue weighted by molar-refractivity contribution is -0.148. The lowest BCUT2D eigenvalue weighted by Crippen LogP contribution is -2.46. The number of hydrogen-bond acceptors (Lipinski definition) is 7. The summed E-state index contributed by atoms with van der Waals surface area (Å²) in [6, 6.07) is 22.1. The zero-order valence-corrected chi connectivity index (χ0v) is 22.8. The van der Waals surface area contributed by atoms with E-state index in [9.17, 15) is 19.2 Å². The SMILES string of the molecule is CCOC(=O)[C@H](C)NC(=O)C(Cc1ccccc1)C(=O)Nc1ccc2c(c1)OCC(=O)N2Cc1ccc(C#N)cc1. The molecule has 1 aliphatic heterocycles. The molecule has 0 fully saturated rings. The van der Waals surface area contributed by atoms with E-state index in [-0.39, 0.29) is 32.1 Å². The van der Waals surface area contributed by atoms with E-state index in [1.165, 1.54) is 6.92 Å². The fourth-order valence-electron chi connectivity index (χ4n) is 4.35. The van der Waals surface area contributed by atoms with Crippen LogP contribution in [0.15, 0.2) is 72.8 Å². The summed E-state index contributed by atoms with van der Waals surface area (Å²) >= 11 is 0. The van der Waals surface area contributed by atoms with Gasteiger partial charge >= 0.3 is 5.97 Å². The first-order valence-electron chi connectivity index (χ1n) is 13.2. The van der Waals surface area contributed by atoms with Crippen molar-refractivity contribution in [1.82, 2.24) is 5.32 Å². The summed E-state index contributed by atoms with van der Waals surface area (Å²) < 4.78 is 10.6. The average molecular weight is 555 g/mol. The van der Waals surface area contributed by atoms with Gasteiger partial charge in [0.1, 0.15) is 17.7 Å². The second kappa shape index (κ2) is 13.3. The molecule has 1 aliphatic rings. The van der Waals surface area contributed by atoms with Gasteiger partial charge in [-0.15, -0.1) is 0 Å². The molecule has 3 amide bonds. The van der Waals surface area contributed by atoms with Crippen molar-refractivity contribution in [2.45, 2.75) is 32.9 Å². The Balaban J connectivity index is 1.52. The lowest BCUT2D eigenvalue weighted by Gasteiger charge is -2.30. The van der Waals surface area contributed by atoms with Gasteiger partial charge in [-0.1, -0.05) is 42.5 Å². The number of anilines is 2. The predicted octanol–water partition coefficient (Wildman–Crippen LogP) is 3.35. The molecule has 3 aromatic carbocycles. The third kappa shape index (κ3) is 7.28. The first-order valence-corrected chi connectivity index (χ1v) is 13.2. The quantitative estimate of drug-likeness (QED) is 0.290. The minimum absolute atomic E-state index is 0.113. The number of amides is 3. The molecule has 2 N–H and O–H groups in total. The number of benzene rings is 3. The van der Waals surface area contributed by atoms with Crippen LogP contribution in [0.4, 0.5) is 11.4 Å². The van der Waals surface area contributed by atoms with Gasteiger partial charge < -0.3 is 25.0 Å². The standard InChI is InChI=1S/C31H30N4O6/c1-3-40-31(39)20(2)33-29(37)25(15-21-7-5-4-6-8-21)30(38)34-24-13-14-26-27(16-24)41-19-28(36)35(26)18-23-11-9-22(17-32)10-12-23/h4-14,16,20,25H,3,15,18-19H2,1-2H3,(H,33,37)(H,34,38)/t20-,25?/m0/s1. The van der Waals surface area contributed by atoms with Crippen molar-refractivity contribution in [3.8, 4) is 11.8 Å². The van der Waals surface area contributed by atoms with Crippen LogP contribution < -0.4 is 20.3 Å². The number of carbonyl (C=O) groups excluding carboxylic acids is 4. The minimum Gasteiger partial charge on any atom is -0.481 e. The molecule has 0 radical (unpaired) electrons. The van der Waals surface area contributed by atoms with Crippen LogP contribution in [0.25, 0.3) is 0 Å². The molecule has 0 spiro atoms. The smallest absolute Gasteiger partial charge is 0.328 e. The average Bonchev–Trinajstić information content (AvgIpc) is 2.98. The molecule has 1 unspecified atom stereocenters. The predicted molar refractivity (Wildman–Crippen MR) is 151 cm³/mol. The molecule has 0 aromatic heterocycles. The van der Waals surface area contributed by atoms with Gasteiger partial charge in [0.15, 0.2) is 6.61 Å². The van der Waals surface area contributed by atoms with Crippen molar-refractivity contribution in [2.24, 2.45) is 5.92 Å². The Bertz CT molecular complexity index is 1470. The molecular weight excluding hydrogens is 524 g/mol. The van der Waals surface area contributed by atoms with Crippen molar-refractivity contribution in [3.05, 3.63) is 89.5 Å². The molecular formula is C31H30N4O6. The summed E-state index contributed by atoms with van der Waals surface area (Å²) in [6.07, 6.45) is 0.113. The van der Waals surface area contributed by atoms with Gasteiger partial charge in [-0.2, -0.15) is 5.26 Å². The topological polar surface area (TPSA) is 138 Å². The maximum atomic E-state index is 13.4. The van der Waals surface area contributed by atoms with E-state index in [4.69, 9.17) is 14.7 Å². The van der Waals surface area contributed by atoms with E-state index in [0.717, 1.165) is 11.1 Å². The second-order valence-electron chi connectivity index (χ2n) is 9.47. The monoisotopic (exact) mass is 554 g/mol. The van der Waals surface area contributed by atoms with Gasteiger partial charge in [0.2, 0.25) is 11.8 Å². The number of nitrogens with zero attached hydrogens (tertiary/aromatic N) is 2. The fraction of sp³-hybridized carbons (Fsp3) is 0.258. The fourth-order valence-corrected chi connectivity index (χ4v) is 4.35. The van der Waals surface area contributed by atoms with Crippen LogP contribution in [0.1, 0.15) is 30.5 Å². The number of fused-ring (bicyclic) bond motifs is 1. The van der Waals surface area contributed by atoms with Gasteiger partial charge in [0, 0.05) is 11.8 Å². The molecule has 0 bridgehead atoms. The van der Waals surface area contributed by atoms with E-state index < -0.39 is 29.7 Å². The molecule has 0 aliphatic carbocycles. The number of rotatable bonds is 10. The Kier molecular flexibility index (Phi) is 9.32. The van der Waals surface area contributed by atoms with E-state index in [1.54, 1.807) is 54.3 Å². The molecule has 2 atom stereocenters. The number of esters is 1. The zero-order chi connectivity index (χ0) is 29.4. The van der Waals surface area contributed by atoms with Gasteiger partial charge in [-0.25, -0.2) is 4.79 Å². The Morgan fingerprint density at radius 2 is 1.76 bits per heavy atom. The van der Waals surface area contributed by atoms with Crippen molar-refractivity contribution >= 4 is 35.1 Å². The summed E-state index contributed by atoms with van der Waals surface area (Å²) in [4.78, 5) is 52.9. The number of nitriles is 1. The van der Waals surface area contributed by atoms with E-state index in [0.29, 0.717) is 22.7 Å². The van der Waals surface area contributed by atoms with Crippen LogP contribution in [0, 0.1) is 17.2 Å². The maximum absolute atomic E-state index is 13.4. The zero-order valence-electron chi connectivity index (χ0n) is 22.8. The Morgan fingerprint density at radius 3 is 2.44 bits per heavy atom. The molecule has 0 saturated heterocycles. The highest BCUT2D eigenvalue weighted by Crippen LogP contribution is 2.35. The van der Waals surface area contributed by atoms with Crippen molar-refractivity contribution in [3.63, 3.8) is 0 Å². The Labute approximate surface area is 237 Å². The Hall–Kier alpha value is -5.17. The molecule has 210 valence electrons. The summed E-state index contributed by atoms with van der Waals surface area (Å²) in [6.45, 7) is 3.45. The van der Waals surface area contributed by atoms with Crippen LogP contribution in [-0.2, 0) is 36.9 Å². The number of ether oxygens (including phenoxy) is 2. The Morgan fingerprint density at radius 1 is 1.02 bits per heavy atom. The van der Waals surface area contributed by atoms with E-state index in [2.05, 4.69) is 16.7 Å². The first kappa shape index (κ1) is 28.8. The van der Waals surface area contributed by atoms with E-state index in [1.807, 2.05) is 30.3 Å². The van der Waals surface area contributed by atoms with E-state index >= 15 is 0 Å². The van der Waals surface area contributed by atoms with Crippen molar-refractivity contribution < 1.29 is 28.7 Å². The van der Waals surface area contributed by atoms with Crippen molar-refractivity contribution in [1.29, 1.82) is 5.26 Å². The molecule has 10 nitrogen and oxygen atoms in total. The van der Waals surface area contributed by atoms with Gasteiger partial charge in [-0.05, 0) is 55.7 Å². The lowest BCUT2D eigenvalue weighted by atomic mass is 9.97. The molecule has 10 heteroatoms. The third-order valence-electron chi connectivity index (χ3n) is 6.51. The molecule has 3 aromatic rings. The van der Waals surface area contributed by atoms with Gasteiger partial charge in [-0.3, -0.25) is 14.4 Å². The molecule has 0 saturated carbocycles. The summed E-state index contributed by atoms with van der Waals surface area (Å²) in [5, 5.41) is 14.4. The molecule has 41 heavy (non-hydrogen) atoms. The molecule has 4 rings (SSSR count). The third-order valence-corrected chi connectivity index (χ3v) is 6.51. The van der Waals surface area contributed by atoms with Gasteiger partial charge in [0.25, 0.3) is 5.91 Å². The summed E-state index contributed by atoms with van der Waals surface area (Å²) in [7, 11) is 0. The highest BCUT2D eigenvalue weighted by atomic mass is 16.5.